The second-order valence-electron chi connectivity index (χ2n) is 4.52. The number of aliphatic hydroxyl groups excluding tert-OH is 1. The Morgan fingerprint density at radius 1 is 1.33 bits per heavy atom. The van der Waals surface area contributed by atoms with Crippen molar-refractivity contribution in [2.24, 2.45) is 0 Å². The molecule has 1 rings (SSSR count). The molecule has 1 aromatic rings. The van der Waals surface area contributed by atoms with Crippen molar-refractivity contribution in [3.63, 3.8) is 0 Å². The van der Waals surface area contributed by atoms with Crippen molar-refractivity contribution < 1.29 is 14.6 Å². The number of hydrogen-bond acceptors (Lipinski definition) is 4. The topological polar surface area (TPSA) is 41.9 Å². The first-order chi connectivity index (χ1) is 8.58. The summed E-state index contributed by atoms with van der Waals surface area (Å²) in [5.74, 6) is 0.730. The summed E-state index contributed by atoms with van der Waals surface area (Å²) in [5, 5.41) is 10.3. The Hall–Kier alpha value is -1.10. The molecule has 4 heteroatoms. The van der Waals surface area contributed by atoms with Crippen molar-refractivity contribution in [3.05, 3.63) is 29.3 Å². The number of aliphatic hydroxyl groups is 1. The van der Waals surface area contributed by atoms with Gasteiger partial charge in [-0.3, -0.25) is 0 Å². The van der Waals surface area contributed by atoms with E-state index in [2.05, 4.69) is 0 Å². The Morgan fingerprint density at radius 2 is 2.06 bits per heavy atom. The van der Waals surface area contributed by atoms with Crippen LogP contribution in [0.5, 0.6) is 5.75 Å². The number of methoxy groups -OCH3 is 2. The van der Waals surface area contributed by atoms with Crippen LogP contribution in [0.2, 0.25) is 0 Å². The zero-order valence-electron chi connectivity index (χ0n) is 11.6. The van der Waals surface area contributed by atoms with Gasteiger partial charge in [0, 0.05) is 25.8 Å². The van der Waals surface area contributed by atoms with Gasteiger partial charge in [-0.15, -0.1) is 0 Å². The first-order valence-electron chi connectivity index (χ1n) is 6.08. The third kappa shape index (κ3) is 4.29. The number of likely N-dealkylation sites (N-methyl/N-ethyl adjacent to an activating group) is 1. The minimum atomic E-state index is -0.554. The molecule has 1 unspecified atom stereocenters. The third-order valence-corrected chi connectivity index (χ3v) is 2.91. The quantitative estimate of drug-likeness (QED) is 0.801. The minimum absolute atomic E-state index is 0.554. The Bertz CT molecular complexity index is 368. The molecule has 0 radical (unpaired) electrons. The lowest BCUT2D eigenvalue weighted by Crippen LogP contribution is -2.28. The summed E-state index contributed by atoms with van der Waals surface area (Å²) in [6.07, 6.45) is -0.554. The van der Waals surface area contributed by atoms with Crippen LogP contribution in [-0.2, 0) is 4.74 Å². The molecule has 102 valence electrons. The fourth-order valence-electron chi connectivity index (χ4n) is 1.85. The Kier molecular flexibility index (Phi) is 6.12. The number of benzene rings is 1. The van der Waals surface area contributed by atoms with Gasteiger partial charge in [-0.25, -0.2) is 0 Å². The van der Waals surface area contributed by atoms with E-state index in [9.17, 15) is 5.11 Å². The van der Waals surface area contributed by atoms with Gasteiger partial charge in [-0.05, 0) is 26.1 Å². The highest BCUT2D eigenvalue weighted by molar-refractivity contribution is 5.38. The molecule has 1 aromatic carbocycles. The number of nitrogens with zero attached hydrogens (tertiary/aromatic N) is 1. The van der Waals surface area contributed by atoms with Gasteiger partial charge in [0.2, 0.25) is 0 Å². The summed E-state index contributed by atoms with van der Waals surface area (Å²) in [7, 11) is 5.26. The normalized spacial score (nSPS) is 12.8. The molecular weight excluding hydrogens is 230 g/mol. The molecule has 0 aromatic heterocycles. The van der Waals surface area contributed by atoms with E-state index >= 15 is 0 Å². The van der Waals surface area contributed by atoms with Crippen LogP contribution in [0.25, 0.3) is 0 Å². The molecule has 0 aliphatic carbocycles. The minimum Gasteiger partial charge on any atom is -0.496 e. The summed E-state index contributed by atoms with van der Waals surface area (Å²) in [6.45, 7) is 4.02. The summed E-state index contributed by atoms with van der Waals surface area (Å²) >= 11 is 0. The molecule has 4 nitrogen and oxygen atoms in total. The fraction of sp³-hybridized carbons (Fsp3) is 0.571. The molecular formula is C14H23NO3. The Balaban J connectivity index is 2.70. The van der Waals surface area contributed by atoms with Gasteiger partial charge in [0.25, 0.3) is 0 Å². The lowest BCUT2D eigenvalue weighted by molar-refractivity contribution is 0.102. The van der Waals surface area contributed by atoms with E-state index in [0.717, 1.165) is 23.4 Å². The van der Waals surface area contributed by atoms with Gasteiger partial charge in [0.1, 0.15) is 5.75 Å². The maximum Gasteiger partial charge on any atom is 0.124 e. The van der Waals surface area contributed by atoms with E-state index in [1.165, 1.54) is 0 Å². The highest BCUT2D eigenvalue weighted by Gasteiger charge is 2.15. The molecule has 0 fully saturated rings. The first kappa shape index (κ1) is 15.0. The summed E-state index contributed by atoms with van der Waals surface area (Å²) in [5.41, 5.74) is 1.95. The van der Waals surface area contributed by atoms with Crippen molar-refractivity contribution in [1.82, 2.24) is 4.90 Å². The van der Waals surface area contributed by atoms with Gasteiger partial charge in [-0.1, -0.05) is 11.6 Å². The van der Waals surface area contributed by atoms with E-state index in [-0.39, 0.29) is 0 Å². The van der Waals surface area contributed by atoms with Crippen LogP contribution in [0.1, 0.15) is 17.2 Å². The van der Waals surface area contributed by atoms with Crippen LogP contribution in [0.4, 0.5) is 0 Å². The van der Waals surface area contributed by atoms with Gasteiger partial charge in [0.05, 0.1) is 19.8 Å². The lowest BCUT2D eigenvalue weighted by Gasteiger charge is -2.22. The number of ether oxygens (including phenoxy) is 2. The van der Waals surface area contributed by atoms with Crippen LogP contribution in [0.3, 0.4) is 0 Å². The molecule has 0 amide bonds. The molecule has 0 bridgehead atoms. The molecule has 1 N–H and O–H groups in total. The second-order valence-corrected chi connectivity index (χ2v) is 4.52. The third-order valence-electron chi connectivity index (χ3n) is 2.91. The monoisotopic (exact) mass is 253 g/mol. The highest BCUT2D eigenvalue weighted by Crippen LogP contribution is 2.26. The average molecular weight is 253 g/mol. The summed E-state index contributed by atoms with van der Waals surface area (Å²) in [6, 6.07) is 5.83. The predicted molar refractivity (Wildman–Crippen MR) is 72.1 cm³/mol. The largest absolute Gasteiger partial charge is 0.496 e. The van der Waals surface area contributed by atoms with Gasteiger partial charge in [0.15, 0.2) is 0 Å². The fourth-order valence-corrected chi connectivity index (χ4v) is 1.85. The van der Waals surface area contributed by atoms with Crippen molar-refractivity contribution in [3.8, 4) is 5.75 Å². The molecule has 0 heterocycles. The van der Waals surface area contributed by atoms with Crippen LogP contribution >= 0.6 is 0 Å². The second kappa shape index (κ2) is 7.36. The van der Waals surface area contributed by atoms with Crippen LogP contribution in [0.15, 0.2) is 18.2 Å². The van der Waals surface area contributed by atoms with Gasteiger partial charge < -0.3 is 19.5 Å². The molecule has 0 saturated carbocycles. The van der Waals surface area contributed by atoms with Crippen LogP contribution in [0, 0.1) is 6.92 Å². The zero-order valence-corrected chi connectivity index (χ0v) is 11.6. The van der Waals surface area contributed by atoms with Crippen LogP contribution < -0.4 is 4.74 Å². The number of rotatable bonds is 7. The Labute approximate surface area is 109 Å². The molecule has 0 aliphatic heterocycles. The summed E-state index contributed by atoms with van der Waals surface area (Å²) in [4.78, 5) is 2.04. The molecule has 0 spiro atoms. The lowest BCUT2D eigenvalue weighted by atomic mass is 10.0. The maximum absolute atomic E-state index is 10.3. The van der Waals surface area contributed by atoms with Crippen molar-refractivity contribution >= 4 is 0 Å². The number of aryl methyl sites for hydroxylation is 1. The van der Waals surface area contributed by atoms with Crippen molar-refractivity contribution in [1.29, 1.82) is 0 Å². The molecule has 18 heavy (non-hydrogen) atoms. The van der Waals surface area contributed by atoms with Crippen LogP contribution in [-0.4, -0.2) is 51.0 Å². The smallest absolute Gasteiger partial charge is 0.124 e. The van der Waals surface area contributed by atoms with E-state index in [4.69, 9.17) is 9.47 Å². The number of hydrogen-bond donors (Lipinski definition) is 1. The standard InChI is InChI=1S/C14H23NO3/c1-11-5-6-14(18-4)12(9-11)13(16)10-15(2)7-8-17-3/h5-6,9,13,16H,7-8,10H2,1-4H3. The average Bonchev–Trinajstić information content (AvgIpc) is 2.36. The molecule has 0 saturated heterocycles. The molecule has 1 atom stereocenters. The maximum atomic E-state index is 10.3. The van der Waals surface area contributed by atoms with Crippen molar-refractivity contribution in [2.75, 3.05) is 41.0 Å². The SMILES string of the molecule is COCCN(C)CC(O)c1cc(C)ccc1OC. The van der Waals surface area contributed by atoms with E-state index in [1.54, 1.807) is 14.2 Å². The molecule has 0 aliphatic rings. The first-order valence-corrected chi connectivity index (χ1v) is 6.08. The van der Waals surface area contributed by atoms with E-state index in [1.807, 2.05) is 37.1 Å². The van der Waals surface area contributed by atoms with E-state index < -0.39 is 6.10 Å². The zero-order chi connectivity index (χ0) is 13.5. The van der Waals surface area contributed by atoms with E-state index in [0.29, 0.717) is 13.2 Å². The predicted octanol–water partition coefficient (Wildman–Crippen LogP) is 1.62. The van der Waals surface area contributed by atoms with Gasteiger partial charge in [-0.2, -0.15) is 0 Å². The highest BCUT2D eigenvalue weighted by atomic mass is 16.5. The summed E-state index contributed by atoms with van der Waals surface area (Å²) < 4.78 is 10.3. The Morgan fingerprint density at radius 3 is 2.67 bits per heavy atom. The van der Waals surface area contributed by atoms with Gasteiger partial charge >= 0.3 is 0 Å². The van der Waals surface area contributed by atoms with Crippen molar-refractivity contribution in [2.45, 2.75) is 13.0 Å².